The molecule has 0 saturated carbocycles. The highest BCUT2D eigenvalue weighted by atomic mass is 16.3. The van der Waals surface area contributed by atoms with Gasteiger partial charge in [0.2, 0.25) is 11.8 Å². The van der Waals surface area contributed by atoms with Crippen LogP contribution in [0.25, 0.3) is 0 Å². The fourth-order valence-electron chi connectivity index (χ4n) is 4.37. The molecule has 13 heteroatoms. The molecule has 0 saturated heterocycles. The number of amides is 3. The molecule has 43 heavy (non-hydrogen) atoms. The van der Waals surface area contributed by atoms with Crippen LogP contribution in [0.3, 0.4) is 0 Å². The molecule has 0 heterocycles. The summed E-state index contributed by atoms with van der Waals surface area (Å²) in [6.45, 7) is 9.17. The van der Waals surface area contributed by atoms with E-state index in [1.807, 2.05) is 21.1 Å². The van der Waals surface area contributed by atoms with Gasteiger partial charge in [-0.3, -0.25) is 14.4 Å². The van der Waals surface area contributed by atoms with E-state index in [0.29, 0.717) is 26.1 Å². The lowest BCUT2D eigenvalue weighted by molar-refractivity contribution is -0.149. The molecular formula is C30H65N9O4. The minimum Gasteiger partial charge on any atom is -0.379 e. The van der Waals surface area contributed by atoms with Crippen molar-refractivity contribution in [2.24, 2.45) is 0 Å². The quantitative estimate of drug-likeness (QED) is 0.0413. The van der Waals surface area contributed by atoms with Gasteiger partial charge in [0.15, 0.2) is 5.60 Å². The minimum absolute atomic E-state index is 0.341. The molecule has 0 bridgehead atoms. The molecule has 254 valence electrons. The van der Waals surface area contributed by atoms with Gasteiger partial charge in [0.1, 0.15) is 0 Å². The summed E-state index contributed by atoms with van der Waals surface area (Å²) >= 11 is 0. The number of aliphatic hydroxyl groups is 1. The summed E-state index contributed by atoms with van der Waals surface area (Å²) in [7, 11) is 5.81. The second kappa shape index (κ2) is 30.2. The van der Waals surface area contributed by atoms with Crippen molar-refractivity contribution in [3.8, 4) is 0 Å². The number of unbranched alkanes of at least 4 members (excludes halogenated alkanes) is 3. The van der Waals surface area contributed by atoms with Gasteiger partial charge in [0.05, 0.1) is 12.8 Å². The van der Waals surface area contributed by atoms with Crippen LogP contribution < -0.4 is 47.9 Å². The zero-order valence-corrected chi connectivity index (χ0v) is 27.4. The summed E-state index contributed by atoms with van der Waals surface area (Å²) < 4.78 is 0. The molecule has 0 aliphatic carbocycles. The summed E-state index contributed by atoms with van der Waals surface area (Å²) in [6, 6.07) is 0. The molecule has 0 aromatic heterocycles. The molecule has 0 aliphatic heterocycles. The van der Waals surface area contributed by atoms with E-state index in [0.717, 1.165) is 110 Å². The summed E-state index contributed by atoms with van der Waals surface area (Å²) in [5.41, 5.74) is -2.12. The van der Waals surface area contributed by atoms with Crippen LogP contribution in [-0.4, -0.2) is 128 Å². The van der Waals surface area contributed by atoms with Crippen LogP contribution in [-0.2, 0) is 14.4 Å². The molecule has 0 aliphatic rings. The Labute approximate surface area is 261 Å². The molecule has 10 N–H and O–H groups in total. The second-order valence-electron chi connectivity index (χ2n) is 11.1. The van der Waals surface area contributed by atoms with Crippen molar-refractivity contribution in [2.75, 3.05) is 99.7 Å². The predicted molar refractivity (Wildman–Crippen MR) is 175 cm³/mol. The maximum absolute atomic E-state index is 13.0. The molecule has 0 aromatic rings. The summed E-state index contributed by atoms with van der Waals surface area (Å²) in [5, 5.41) is 38.9. The number of nitrogens with one attached hydrogen (secondary N) is 9. The Kier molecular flexibility index (Phi) is 28.9. The van der Waals surface area contributed by atoms with Gasteiger partial charge in [-0.1, -0.05) is 0 Å². The Hall–Kier alpha value is -1.87. The largest absolute Gasteiger partial charge is 0.379 e. The maximum atomic E-state index is 13.0. The van der Waals surface area contributed by atoms with E-state index in [1.54, 1.807) is 0 Å². The second-order valence-corrected chi connectivity index (χ2v) is 11.1. The summed E-state index contributed by atoms with van der Waals surface area (Å²) in [6.07, 6.45) is 7.73. The standard InChI is InChI=1S/C30H65N9O4/c1-31-13-4-7-16-34-19-10-22-37-27(40)25-30(43,29(42)39-24-12-21-36-18-9-6-15-33-3)26-28(41)38-23-11-20-35-17-8-5-14-32-2/h31-36,43H,4-26H2,1-3H3,(H,37,40)(H,38,41)(H,39,42). The first-order valence-electron chi connectivity index (χ1n) is 16.5. The molecule has 0 fully saturated rings. The minimum atomic E-state index is -2.12. The third-order valence-electron chi connectivity index (χ3n) is 6.94. The number of carbonyl (C=O) groups excluding carboxylic acids is 3. The zero-order chi connectivity index (χ0) is 31.9. The van der Waals surface area contributed by atoms with Gasteiger partial charge < -0.3 is 53.0 Å². The van der Waals surface area contributed by atoms with E-state index < -0.39 is 36.2 Å². The fourth-order valence-corrected chi connectivity index (χ4v) is 4.37. The van der Waals surface area contributed by atoms with Crippen molar-refractivity contribution in [1.29, 1.82) is 0 Å². The number of rotatable bonds is 32. The van der Waals surface area contributed by atoms with Crippen molar-refractivity contribution in [3.05, 3.63) is 0 Å². The Morgan fingerprint density at radius 1 is 0.442 bits per heavy atom. The smallest absolute Gasteiger partial charge is 0.253 e. The average Bonchev–Trinajstić information content (AvgIpc) is 2.98. The van der Waals surface area contributed by atoms with Gasteiger partial charge >= 0.3 is 0 Å². The van der Waals surface area contributed by atoms with Crippen LogP contribution in [0.1, 0.15) is 70.6 Å². The van der Waals surface area contributed by atoms with Gasteiger partial charge in [-0.2, -0.15) is 0 Å². The molecule has 0 spiro atoms. The van der Waals surface area contributed by atoms with Crippen LogP contribution >= 0.6 is 0 Å². The average molecular weight is 616 g/mol. The normalized spacial score (nSPS) is 11.4. The van der Waals surface area contributed by atoms with Gasteiger partial charge in [-0.15, -0.1) is 0 Å². The monoisotopic (exact) mass is 616 g/mol. The molecule has 0 atom stereocenters. The number of carbonyl (C=O) groups is 3. The molecule has 3 amide bonds. The van der Waals surface area contributed by atoms with Crippen molar-refractivity contribution in [3.63, 3.8) is 0 Å². The van der Waals surface area contributed by atoms with Crippen molar-refractivity contribution < 1.29 is 19.5 Å². The molecule has 0 aromatic carbocycles. The molecular weight excluding hydrogens is 550 g/mol. The van der Waals surface area contributed by atoms with Crippen LogP contribution in [0.2, 0.25) is 0 Å². The van der Waals surface area contributed by atoms with Gasteiger partial charge in [0, 0.05) is 19.6 Å². The predicted octanol–water partition coefficient (Wildman–Crippen LogP) is -1.22. The van der Waals surface area contributed by atoms with Gasteiger partial charge in [-0.05, 0) is 138 Å². The van der Waals surface area contributed by atoms with E-state index >= 15 is 0 Å². The highest BCUT2D eigenvalue weighted by molar-refractivity contribution is 5.95. The van der Waals surface area contributed by atoms with E-state index in [4.69, 9.17) is 0 Å². The lowest BCUT2D eigenvalue weighted by Crippen LogP contribution is -2.52. The first-order valence-corrected chi connectivity index (χ1v) is 16.5. The lowest BCUT2D eigenvalue weighted by atomic mass is 9.93. The molecule has 13 nitrogen and oxygen atoms in total. The molecule has 0 radical (unpaired) electrons. The SMILES string of the molecule is CNCCCCNCCCNC(=O)CC(O)(CC(=O)NCCCNCCCCNC)C(=O)NCCCNCCCCNC. The summed E-state index contributed by atoms with van der Waals surface area (Å²) in [4.78, 5) is 38.3. The molecule has 0 rings (SSSR count). The Morgan fingerprint density at radius 2 is 0.744 bits per heavy atom. The maximum Gasteiger partial charge on any atom is 0.253 e. The highest BCUT2D eigenvalue weighted by Gasteiger charge is 2.40. The van der Waals surface area contributed by atoms with Crippen molar-refractivity contribution >= 4 is 17.7 Å². The zero-order valence-electron chi connectivity index (χ0n) is 27.4. The van der Waals surface area contributed by atoms with Crippen LogP contribution in [0.4, 0.5) is 0 Å². The van der Waals surface area contributed by atoms with Crippen LogP contribution in [0, 0.1) is 0 Å². The first kappa shape index (κ1) is 41.1. The number of hydrogen-bond acceptors (Lipinski definition) is 10. The number of hydrogen-bond donors (Lipinski definition) is 10. The van der Waals surface area contributed by atoms with E-state index in [9.17, 15) is 19.5 Å². The lowest BCUT2D eigenvalue weighted by Gasteiger charge is -2.26. The van der Waals surface area contributed by atoms with E-state index in [-0.39, 0.29) is 0 Å². The fraction of sp³-hybridized carbons (Fsp3) is 0.900. The van der Waals surface area contributed by atoms with Crippen molar-refractivity contribution in [1.82, 2.24) is 47.9 Å². The van der Waals surface area contributed by atoms with Crippen molar-refractivity contribution in [2.45, 2.75) is 76.2 Å². The van der Waals surface area contributed by atoms with E-state index in [2.05, 4.69) is 47.9 Å². The van der Waals surface area contributed by atoms with E-state index in [1.165, 1.54) is 0 Å². The Morgan fingerprint density at radius 3 is 1.09 bits per heavy atom. The third kappa shape index (κ3) is 26.3. The topological polar surface area (TPSA) is 180 Å². The Bertz CT molecular complexity index is 650. The van der Waals surface area contributed by atoms with Gasteiger partial charge in [-0.25, -0.2) is 0 Å². The Balaban J connectivity index is 4.58. The van der Waals surface area contributed by atoms with Gasteiger partial charge in [0.25, 0.3) is 5.91 Å². The highest BCUT2D eigenvalue weighted by Crippen LogP contribution is 2.16. The first-order chi connectivity index (χ1) is 20.9. The van der Waals surface area contributed by atoms with Crippen LogP contribution in [0.15, 0.2) is 0 Å². The summed E-state index contributed by atoms with van der Waals surface area (Å²) in [5.74, 6) is -1.60. The third-order valence-corrected chi connectivity index (χ3v) is 6.94. The molecule has 0 unspecified atom stereocenters. The van der Waals surface area contributed by atoms with Crippen LogP contribution in [0.5, 0.6) is 0 Å².